The van der Waals surface area contributed by atoms with Crippen molar-refractivity contribution < 1.29 is 9.53 Å². The largest absolute Gasteiger partial charge is 0.445 e. The summed E-state index contributed by atoms with van der Waals surface area (Å²) in [5.74, 6) is 4.49. The molecule has 1 atom stereocenters. The molecule has 0 saturated heterocycles. The summed E-state index contributed by atoms with van der Waals surface area (Å²) < 4.78 is 5.95. The second kappa shape index (κ2) is 7.80. The van der Waals surface area contributed by atoms with Crippen LogP contribution in [0.25, 0.3) is 0 Å². The molecule has 1 fully saturated rings. The van der Waals surface area contributed by atoms with Gasteiger partial charge in [-0.3, -0.25) is 5.32 Å². The third-order valence-corrected chi connectivity index (χ3v) is 5.08. The van der Waals surface area contributed by atoms with Crippen LogP contribution in [-0.4, -0.2) is 38.5 Å². The highest BCUT2D eigenvalue weighted by Gasteiger charge is 2.24. The Bertz CT molecular complexity index is 679. The fraction of sp³-hybridized carbons (Fsp3) is 0.500. The first-order chi connectivity index (χ1) is 12.8. The van der Waals surface area contributed by atoms with Gasteiger partial charge in [-0.2, -0.15) is 0 Å². The topological polar surface area (TPSA) is 86.5 Å². The molecule has 0 spiro atoms. The lowest BCUT2D eigenvalue weighted by Gasteiger charge is -2.31. The molecule has 5 N–H and O–H groups in total. The minimum absolute atomic E-state index is 0.0327. The molecule has 0 aromatic rings. The van der Waals surface area contributed by atoms with Crippen molar-refractivity contribution in [1.82, 2.24) is 26.6 Å². The molecule has 26 heavy (non-hydrogen) atoms. The van der Waals surface area contributed by atoms with Gasteiger partial charge in [-0.1, -0.05) is 25.1 Å². The van der Waals surface area contributed by atoms with E-state index in [9.17, 15) is 4.79 Å². The van der Waals surface area contributed by atoms with Gasteiger partial charge in [-0.25, -0.2) is 4.79 Å². The van der Waals surface area contributed by atoms with E-state index in [4.69, 9.17) is 4.74 Å². The highest BCUT2D eigenvalue weighted by atomic mass is 16.5. The SMILES string of the molecule is O=C(NC1=CC=C2NCC(OC3=CBCCN3)=CC2N1)NC1CCCC1. The number of dihydropyridines is 1. The van der Waals surface area contributed by atoms with Gasteiger partial charge in [0, 0.05) is 18.3 Å². The Balaban J connectivity index is 1.33. The molecule has 2 amide bonds. The van der Waals surface area contributed by atoms with Crippen LogP contribution in [0.2, 0.25) is 6.32 Å². The first kappa shape index (κ1) is 16.9. The van der Waals surface area contributed by atoms with E-state index in [0.717, 1.165) is 50.3 Å². The van der Waals surface area contributed by atoms with Crippen LogP contribution in [0.4, 0.5) is 4.79 Å². The number of fused-ring (bicyclic) bond motifs is 1. The number of amides is 2. The molecule has 138 valence electrons. The van der Waals surface area contributed by atoms with Gasteiger partial charge in [0.05, 0.1) is 12.6 Å². The van der Waals surface area contributed by atoms with Crippen LogP contribution < -0.4 is 26.6 Å². The molecule has 0 aromatic carbocycles. The van der Waals surface area contributed by atoms with Crippen molar-refractivity contribution in [3.8, 4) is 0 Å². The van der Waals surface area contributed by atoms with Gasteiger partial charge < -0.3 is 26.0 Å². The zero-order chi connectivity index (χ0) is 17.8. The van der Waals surface area contributed by atoms with Crippen LogP contribution in [0.5, 0.6) is 0 Å². The standard InChI is InChI=1S/C18H26BN5O2/c25-18(22-12-3-1-2-4-12)24-16-6-5-14-15(23-16)9-13(11-21-14)26-17-10-19-7-8-20-17/h5-6,9-10,12,15,19-21,23H,1-4,7-8,11H2,(H2,22,24,25). The quantitative estimate of drug-likeness (QED) is 0.479. The molecule has 0 aromatic heterocycles. The average molecular weight is 355 g/mol. The van der Waals surface area contributed by atoms with Crippen LogP contribution in [0, 0.1) is 0 Å². The smallest absolute Gasteiger partial charge is 0.320 e. The van der Waals surface area contributed by atoms with E-state index in [0.29, 0.717) is 18.4 Å². The molecular weight excluding hydrogens is 329 g/mol. The average Bonchev–Trinajstić information content (AvgIpc) is 3.15. The number of hydrogen-bond donors (Lipinski definition) is 5. The van der Waals surface area contributed by atoms with Crippen LogP contribution >= 0.6 is 0 Å². The van der Waals surface area contributed by atoms with Crippen molar-refractivity contribution in [1.29, 1.82) is 0 Å². The number of carbonyl (C=O) groups is 1. The maximum atomic E-state index is 12.2. The number of carbonyl (C=O) groups excluding carboxylic acids is 1. The maximum absolute atomic E-state index is 12.2. The molecule has 3 aliphatic heterocycles. The first-order valence-electron chi connectivity index (χ1n) is 9.59. The normalized spacial score (nSPS) is 24.8. The van der Waals surface area contributed by atoms with Crippen LogP contribution in [0.1, 0.15) is 25.7 Å². The number of rotatable bonds is 4. The number of allylic oxidation sites excluding steroid dienone is 2. The minimum atomic E-state index is -0.145. The molecule has 3 heterocycles. The monoisotopic (exact) mass is 355 g/mol. The zero-order valence-electron chi connectivity index (χ0n) is 14.9. The highest BCUT2D eigenvalue weighted by molar-refractivity contribution is 6.42. The molecule has 4 aliphatic rings. The summed E-state index contributed by atoms with van der Waals surface area (Å²) in [5.41, 5.74) is 1.07. The summed E-state index contributed by atoms with van der Waals surface area (Å²) in [6, 6.07) is 0.126. The van der Waals surface area contributed by atoms with E-state index in [1.807, 2.05) is 12.2 Å². The van der Waals surface area contributed by atoms with Crippen LogP contribution in [-0.2, 0) is 4.74 Å². The lowest BCUT2D eigenvalue weighted by molar-refractivity contribution is 0.238. The fourth-order valence-corrected chi connectivity index (χ4v) is 3.70. The Hall–Kier alpha value is -2.51. The third kappa shape index (κ3) is 4.18. The second-order valence-electron chi connectivity index (χ2n) is 7.13. The number of urea groups is 1. The fourth-order valence-electron chi connectivity index (χ4n) is 3.70. The van der Waals surface area contributed by atoms with Crippen molar-refractivity contribution >= 4 is 13.3 Å². The maximum Gasteiger partial charge on any atom is 0.320 e. The van der Waals surface area contributed by atoms with Gasteiger partial charge in [0.15, 0.2) is 13.2 Å². The summed E-state index contributed by atoms with van der Waals surface area (Å²) in [4.78, 5) is 12.2. The van der Waals surface area contributed by atoms with Crippen LogP contribution in [0.3, 0.4) is 0 Å². The Morgan fingerprint density at radius 2 is 2.12 bits per heavy atom. The van der Waals surface area contributed by atoms with E-state index in [1.165, 1.54) is 12.8 Å². The highest BCUT2D eigenvalue weighted by Crippen LogP contribution is 2.19. The second-order valence-corrected chi connectivity index (χ2v) is 7.13. The van der Waals surface area contributed by atoms with E-state index < -0.39 is 0 Å². The predicted molar refractivity (Wildman–Crippen MR) is 102 cm³/mol. The molecule has 0 bridgehead atoms. The molecule has 7 nitrogen and oxygen atoms in total. The summed E-state index contributed by atoms with van der Waals surface area (Å²) in [6.45, 7) is 1.61. The third-order valence-electron chi connectivity index (χ3n) is 5.08. The first-order valence-corrected chi connectivity index (χ1v) is 9.59. The van der Waals surface area contributed by atoms with Gasteiger partial charge in [0.1, 0.15) is 11.6 Å². The molecule has 0 radical (unpaired) electrons. The van der Waals surface area contributed by atoms with Gasteiger partial charge in [0.2, 0.25) is 0 Å². The minimum Gasteiger partial charge on any atom is -0.445 e. The Morgan fingerprint density at radius 3 is 2.92 bits per heavy atom. The van der Waals surface area contributed by atoms with Crippen molar-refractivity contribution in [2.45, 2.75) is 44.1 Å². The molecule has 8 heteroatoms. The van der Waals surface area contributed by atoms with Crippen molar-refractivity contribution in [3.05, 3.63) is 47.4 Å². The molecular formula is C18H26BN5O2. The summed E-state index contributed by atoms with van der Waals surface area (Å²) >= 11 is 0. The van der Waals surface area contributed by atoms with Gasteiger partial charge in [-0.05, 0) is 31.1 Å². The zero-order valence-corrected chi connectivity index (χ0v) is 14.9. The van der Waals surface area contributed by atoms with E-state index >= 15 is 0 Å². The predicted octanol–water partition coefficient (Wildman–Crippen LogP) is 0.686. The van der Waals surface area contributed by atoms with Gasteiger partial charge in [0.25, 0.3) is 0 Å². The van der Waals surface area contributed by atoms with E-state index in [1.54, 1.807) is 0 Å². The van der Waals surface area contributed by atoms with Gasteiger partial charge in [-0.15, -0.1) is 0 Å². The lowest BCUT2D eigenvalue weighted by Crippen LogP contribution is -2.48. The van der Waals surface area contributed by atoms with Gasteiger partial charge >= 0.3 is 6.03 Å². The number of ether oxygens (including phenoxy) is 1. The van der Waals surface area contributed by atoms with Crippen molar-refractivity contribution in [3.63, 3.8) is 0 Å². The molecule has 4 rings (SSSR count). The Morgan fingerprint density at radius 1 is 1.23 bits per heavy atom. The Labute approximate surface area is 154 Å². The Kier molecular flexibility index (Phi) is 5.08. The molecule has 1 aliphatic carbocycles. The van der Waals surface area contributed by atoms with E-state index in [2.05, 4.69) is 38.6 Å². The van der Waals surface area contributed by atoms with Crippen molar-refractivity contribution in [2.24, 2.45) is 0 Å². The summed E-state index contributed by atoms with van der Waals surface area (Å²) in [5, 5.41) is 15.9. The molecule has 1 saturated carbocycles. The van der Waals surface area contributed by atoms with Crippen molar-refractivity contribution in [2.75, 3.05) is 13.1 Å². The van der Waals surface area contributed by atoms with Crippen LogP contribution in [0.15, 0.2) is 47.4 Å². The lowest BCUT2D eigenvalue weighted by atomic mass is 9.73. The molecule has 1 unspecified atom stereocenters. The number of nitrogens with one attached hydrogen (secondary N) is 5. The summed E-state index contributed by atoms with van der Waals surface area (Å²) in [6.07, 6.45) is 11.6. The summed E-state index contributed by atoms with van der Waals surface area (Å²) in [7, 11) is 1.04. The van der Waals surface area contributed by atoms with E-state index in [-0.39, 0.29) is 12.1 Å². The number of hydrogen-bond acceptors (Lipinski definition) is 5.